The Kier molecular flexibility index (Phi) is 5.55. The Balaban J connectivity index is 1.92. The summed E-state index contributed by atoms with van der Waals surface area (Å²) in [4.78, 5) is 12.1. The summed E-state index contributed by atoms with van der Waals surface area (Å²) in [6.45, 7) is 5.94. The van der Waals surface area contributed by atoms with E-state index in [0.717, 1.165) is 35.2 Å². The van der Waals surface area contributed by atoms with Gasteiger partial charge < -0.3 is 4.74 Å². The fourth-order valence-electron chi connectivity index (χ4n) is 3.24. The number of hydrogen-bond acceptors (Lipinski definition) is 3. The molecule has 1 heterocycles. The highest BCUT2D eigenvalue weighted by Gasteiger charge is 2.14. The summed E-state index contributed by atoms with van der Waals surface area (Å²) >= 11 is 0. The van der Waals surface area contributed by atoms with Gasteiger partial charge in [-0.1, -0.05) is 49.9 Å². The maximum atomic E-state index is 12.1. The fraction of sp³-hybridized carbons (Fsp3) is 0.217. The second-order valence-corrected chi connectivity index (χ2v) is 6.51. The minimum absolute atomic E-state index is 0.334. The topological polar surface area (TPSA) is 44.1 Å². The van der Waals surface area contributed by atoms with Crippen molar-refractivity contribution in [3.8, 4) is 11.3 Å². The number of methoxy groups -OCH3 is 1. The third-order valence-electron chi connectivity index (χ3n) is 4.74. The van der Waals surface area contributed by atoms with Crippen LogP contribution >= 0.6 is 0 Å². The van der Waals surface area contributed by atoms with E-state index in [-0.39, 0.29) is 5.97 Å². The molecule has 4 heteroatoms. The van der Waals surface area contributed by atoms with E-state index in [4.69, 9.17) is 4.74 Å². The molecule has 0 spiro atoms. The molecule has 27 heavy (non-hydrogen) atoms. The number of esters is 1. The molecule has 0 unspecified atom stereocenters. The van der Waals surface area contributed by atoms with Crippen molar-refractivity contribution in [3.63, 3.8) is 0 Å². The molecule has 4 nitrogen and oxygen atoms in total. The van der Waals surface area contributed by atoms with Gasteiger partial charge in [0.05, 0.1) is 18.4 Å². The van der Waals surface area contributed by atoms with Gasteiger partial charge >= 0.3 is 5.97 Å². The largest absolute Gasteiger partial charge is 0.465 e. The van der Waals surface area contributed by atoms with Crippen molar-refractivity contribution in [2.45, 2.75) is 19.8 Å². The first-order valence-electron chi connectivity index (χ1n) is 9.01. The Morgan fingerprint density at radius 2 is 1.93 bits per heavy atom. The third kappa shape index (κ3) is 4.00. The normalized spacial score (nSPS) is 10.6. The predicted octanol–water partition coefficient (Wildman–Crippen LogP) is 4.67. The minimum Gasteiger partial charge on any atom is -0.465 e. The van der Waals surface area contributed by atoms with Gasteiger partial charge in [-0.15, -0.1) is 0 Å². The quantitative estimate of drug-likeness (QED) is 0.600. The van der Waals surface area contributed by atoms with Crippen molar-refractivity contribution in [2.24, 2.45) is 7.05 Å². The van der Waals surface area contributed by atoms with Crippen LogP contribution in [-0.2, 0) is 24.6 Å². The van der Waals surface area contributed by atoms with Gasteiger partial charge in [-0.25, -0.2) is 4.79 Å². The second kappa shape index (κ2) is 8.04. The number of rotatable bonds is 6. The van der Waals surface area contributed by atoms with Crippen LogP contribution in [-0.4, -0.2) is 22.9 Å². The van der Waals surface area contributed by atoms with Crippen LogP contribution in [0.5, 0.6) is 0 Å². The van der Waals surface area contributed by atoms with Gasteiger partial charge in [-0.2, -0.15) is 5.10 Å². The first kappa shape index (κ1) is 18.6. The number of hydrogen-bond donors (Lipinski definition) is 0. The Morgan fingerprint density at radius 3 is 2.48 bits per heavy atom. The number of ether oxygens (including phenoxy) is 1. The predicted molar refractivity (Wildman–Crippen MR) is 109 cm³/mol. The van der Waals surface area contributed by atoms with Gasteiger partial charge in [0.15, 0.2) is 0 Å². The van der Waals surface area contributed by atoms with E-state index in [2.05, 4.69) is 42.9 Å². The van der Waals surface area contributed by atoms with Gasteiger partial charge in [0.1, 0.15) is 0 Å². The van der Waals surface area contributed by atoms with Gasteiger partial charge in [0, 0.05) is 18.8 Å². The Bertz CT molecular complexity index is 969. The summed E-state index contributed by atoms with van der Waals surface area (Å²) in [5, 5.41) is 4.44. The zero-order chi connectivity index (χ0) is 19.4. The molecule has 0 bridgehead atoms. The lowest BCUT2D eigenvalue weighted by atomic mass is 9.92. The van der Waals surface area contributed by atoms with Gasteiger partial charge in [0.2, 0.25) is 0 Å². The first-order chi connectivity index (χ1) is 13.0. The highest BCUT2D eigenvalue weighted by molar-refractivity contribution is 5.94. The molecule has 0 radical (unpaired) electrons. The maximum Gasteiger partial charge on any atom is 0.338 e. The second-order valence-electron chi connectivity index (χ2n) is 6.51. The van der Waals surface area contributed by atoms with Crippen LogP contribution in [0.2, 0.25) is 0 Å². The molecule has 2 aromatic carbocycles. The van der Waals surface area contributed by atoms with Crippen molar-refractivity contribution in [2.75, 3.05) is 7.11 Å². The molecule has 0 fully saturated rings. The van der Waals surface area contributed by atoms with E-state index in [9.17, 15) is 4.79 Å². The summed E-state index contributed by atoms with van der Waals surface area (Å²) in [6.07, 6.45) is 5.29. The van der Waals surface area contributed by atoms with E-state index in [1.54, 1.807) is 10.8 Å². The lowest BCUT2D eigenvalue weighted by molar-refractivity contribution is 0.0600. The van der Waals surface area contributed by atoms with E-state index in [1.807, 2.05) is 31.4 Å². The summed E-state index contributed by atoms with van der Waals surface area (Å²) in [5.74, 6) is -0.334. The first-order valence-corrected chi connectivity index (χ1v) is 9.01. The molecular weight excluding hydrogens is 336 g/mol. The number of aryl methyl sites for hydroxylation is 2. The van der Waals surface area contributed by atoms with Crippen LogP contribution in [0.4, 0.5) is 0 Å². The van der Waals surface area contributed by atoms with Gasteiger partial charge in [-0.05, 0) is 47.2 Å². The number of aromatic nitrogens is 2. The minimum atomic E-state index is -0.334. The Morgan fingerprint density at radius 1 is 1.19 bits per heavy atom. The van der Waals surface area contributed by atoms with Crippen LogP contribution in [0, 0.1) is 0 Å². The van der Waals surface area contributed by atoms with Crippen molar-refractivity contribution < 1.29 is 9.53 Å². The summed E-state index contributed by atoms with van der Waals surface area (Å²) in [6, 6.07) is 14.4. The lowest BCUT2D eigenvalue weighted by Crippen LogP contribution is -2.07. The van der Waals surface area contributed by atoms with Crippen LogP contribution < -0.4 is 0 Å². The molecule has 0 atom stereocenters. The molecule has 3 aromatic rings. The monoisotopic (exact) mass is 360 g/mol. The van der Waals surface area contributed by atoms with Crippen molar-refractivity contribution in [1.82, 2.24) is 9.78 Å². The van der Waals surface area contributed by atoms with Gasteiger partial charge in [-0.3, -0.25) is 4.68 Å². The number of carbonyl (C=O) groups excluding carboxylic acids is 1. The zero-order valence-corrected chi connectivity index (χ0v) is 16.0. The van der Waals surface area contributed by atoms with Crippen LogP contribution in [0.25, 0.3) is 17.3 Å². The average molecular weight is 360 g/mol. The third-order valence-corrected chi connectivity index (χ3v) is 4.74. The average Bonchev–Trinajstić information content (AvgIpc) is 3.14. The maximum absolute atomic E-state index is 12.1. The lowest BCUT2D eigenvalue weighted by Gasteiger charge is -2.13. The molecule has 138 valence electrons. The van der Waals surface area contributed by atoms with E-state index in [0.29, 0.717) is 5.56 Å². The van der Waals surface area contributed by atoms with Crippen LogP contribution in [0.1, 0.15) is 39.5 Å². The molecule has 0 aliphatic heterocycles. The Labute approximate surface area is 160 Å². The van der Waals surface area contributed by atoms with E-state index < -0.39 is 0 Å². The number of nitrogens with zero attached hydrogens (tertiary/aromatic N) is 2. The SMILES string of the molecule is C=Cc1cc(CC)c(Cc2ccc(-c3ccn(C)n3)cc2)cc1C(=O)OC. The zero-order valence-electron chi connectivity index (χ0n) is 16.0. The molecule has 3 rings (SSSR count). The molecule has 0 aliphatic rings. The fourth-order valence-corrected chi connectivity index (χ4v) is 3.24. The molecule has 0 saturated carbocycles. The van der Waals surface area contributed by atoms with Crippen molar-refractivity contribution in [1.29, 1.82) is 0 Å². The van der Waals surface area contributed by atoms with Gasteiger partial charge in [0.25, 0.3) is 0 Å². The molecule has 0 amide bonds. The number of carbonyl (C=O) groups is 1. The highest BCUT2D eigenvalue weighted by atomic mass is 16.5. The smallest absolute Gasteiger partial charge is 0.338 e. The number of benzene rings is 2. The molecule has 1 aromatic heterocycles. The summed E-state index contributed by atoms with van der Waals surface area (Å²) in [5.41, 5.74) is 6.96. The molecule has 0 N–H and O–H groups in total. The standard InChI is InChI=1S/C23H24N2O2/c1-5-17-14-18(6-2)21(23(26)27-4)15-20(17)13-16-7-9-19(10-8-16)22-11-12-25(3)24-22/h6-12,14-15H,2,5,13H2,1,3-4H3. The summed E-state index contributed by atoms with van der Waals surface area (Å²) < 4.78 is 6.73. The molecule has 0 saturated heterocycles. The van der Waals surface area contributed by atoms with Crippen molar-refractivity contribution >= 4 is 12.0 Å². The Hall–Kier alpha value is -3.14. The van der Waals surface area contributed by atoms with Crippen LogP contribution in [0.3, 0.4) is 0 Å². The van der Waals surface area contributed by atoms with E-state index in [1.165, 1.54) is 18.2 Å². The molecule has 0 aliphatic carbocycles. The molecular formula is C23H24N2O2. The van der Waals surface area contributed by atoms with Crippen LogP contribution in [0.15, 0.2) is 55.2 Å². The summed E-state index contributed by atoms with van der Waals surface area (Å²) in [7, 11) is 3.31. The highest BCUT2D eigenvalue weighted by Crippen LogP contribution is 2.24. The van der Waals surface area contributed by atoms with Crippen molar-refractivity contribution in [3.05, 3.63) is 83.1 Å². The van der Waals surface area contributed by atoms with E-state index >= 15 is 0 Å².